The lowest BCUT2D eigenvalue weighted by Gasteiger charge is -2.01. The highest BCUT2D eigenvalue weighted by Crippen LogP contribution is 1.89. The average Bonchev–Trinajstić information content (AvgIpc) is 2.05. The number of hydrogen-bond donors (Lipinski definition) is 1. The van der Waals surface area contributed by atoms with E-state index in [1.54, 1.807) is 6.92 Å². The van der Waals surface area contributed by atoms with Crippen LogP contribution in [0.25, 0.3) is 0 Å². The van der Waals surface area contributed by atoms with Crippen molar-refractivity contribution in [1.82, 2.24) is 5.32 Å². The van der Waals surface area contributed by atoms with Gasteiger partial charge in [-0.3, -0.25) is 9.59 Å². The van der Waals surface area contributed by atoms with Crippen molar-refractivity contribution >= 4 is 11.7 Å². The lowest BCUT2D eigenvalue weighted by Crippen LogP contribution is -2.26. The van der Waals surface area contributed by atoms with Crippen LogP contribution in [0.4, 0.5) is 0 Å². The number of carbonyl (C=O) groups is 2. The first-order chi connectivity index (χ1) is 5.70. The molecule has 0 fully saturated rings. The molecule has 3 heteroatoms. The van der Waals surface area contributed by atoms with Crippen molar-refractivity contribution < 1.29 is 9.59 Å². The van der Waals surface area contributed by atoms with Crippen LogP contribution < -0.4 is 5.32 Å². The van der Waals surface area contributed by atoms with E-state index >= 15 is 0 Å². The molecule has 1 amide bonds. The maximum absolute atomic E-state index is 11.0. The van der Waals surface area contributed by atoms with Crippen LogP contribution in [0.1, 0.15) is 39.5 Å². The Morgan fingerprint density at radius 1 is 1.25 bits per heavy atom. The van der Waals surface area contributed by atoms with Crippen molar-refractivity contribution in [3.05, 3.63) is 0 Å². The van der Waals surface area contributed by atoms with E-state index in [9.17, 15) is 9.59 Å². The van der Waals surface area contributed by atoms with E-state index in [-0.39, 0.29) is 18.1 Å². The second kappa shape index (κ2) is 6.83. The van der Waals surface area contributed by atoms with E-state index in [0.717, 1.165) is 12.8 Å². The van der Waals surface area contributed by atoms with Crippen LogP contribution in [-0.4, -0.2) is 18.2 Å². The van der Waals surface area contributed by atoms with Gasteiger partial charge in [0, 0.05) is 13.0 Å². The molecule has 0 aromatic carbocycles. The molecule has 70 valence electrons. The van der Waals surface area contributed by atoms with Gasteiger partial charge in [0.05, 0.1) is 6.42 Å². The molecular formula is C9H17NO2. The Morgan fingerprint density at radius 3 is 2.42 bits per heavy atom. The van der Waals surface area contributed by atoms with Crippen LogP contribution in [0.15, 0.2) is 0 Å². The highest BCUT2D eigenvalue weighted by atomic mass is 16.2. The van der Waals surface area contributed by atoms with Crippen molar-refractivity contribution in [1.29, 1.82) is 0 Å². The summed E-state index contributed by atoms with van der Waals surface area (Å²) in [7, 11) is 0. The molecular weight excluding hydrogens is 154 g/mol. The number of unbranched alkanes of at least 4 members (excludes halogenated alkanes) is 1. The molecule has 3 nitrogen and oxygen atoms in total. The second-order valence-corrected chi connectivity index (χ2v) is 2.77. The Hall–Kier alpha value is -0.860. The summed E-state index contributed by atoms with van der Waals surface area (Å²) in [5, 5.41) is 2.69. The molecule has 0 aromatic rings. The van der Waals surface area contributed by atoms with Crippen LogP contribution in [0, 0.1) is 0 Å². The summed E-state index contributed by atoms with van der Waals surface area (Å²) in [6, 6.07) is 0. The van der Waals surface area contributed by atoms with Crippen LogP contribution in [0.3, 0.4) is 0 Å². The zero-order valence-corrected chi connectivity index (χ0v) is 7.85. The van der Waals surface area contributed by atoms with Gasteiger partial charge in [-0.15, -0.1) is 0 Å². The first kappa shape index (κ1) is 11.1. The third-order valence-corrected chi connectivity index (χ3v) is 1.60. The Bertz CT molecular complexity index is 155. The number of carbonyl (C=O) groups excluding carboxylic acids is 2. The minimum Gasteiger partial charge on any atom is -0.356 e. The predicted octanol–water partition coefficient (Wildman–Crippen LogP) is 1.27. The summed E-state index contributed by atoms with van der Waals surface area (Å²) in [5.74, 6) is -0.140. The molecule has 0 bridgehead atoms. The lowest BCUT2D eigenvalue weighted by molar-refractivity contribution is -0.128. The summed E-state index contributed by atoms with van der Waals surface area (Å²) < 4.78 is 0. The van der Waals surface area contributed by atoms with Gasteiger partial charge < -0.3 is 5.32 Å². The van der Waals surface area contributed by atoms with Gasteiger partial charge in [0.15, 0.2) is 0 Å². The highest BCUT2D eigenvalue weighted by molar-refractivity contribution is 5.97. The summed E-state index contributed by atoms with van der Waals surface area (Å²) in [4.78, 5) is 21.7. The largest absolute Gasteiger partial charge is 0.356 e. The number of nitrogens with one attached hydrogen (secondary N) is 1. The topological polar surface area (TPSA) is 46.2 Å². The zero-order valence-electron chi connectivity index (χ0n) is 7.85. The zero-order chi connectivity index (χ0) is 9.40. The van der Waals surface area contributed by atoms with Gasteiger partial charge >= 0.3 is 0 Å². The molecule has 0 saturated heterocycles. The molecule has 0 aliphatic carbocycles. The predicted molar refractivity (Wildman–Crippen MR) is 47.8 cm³/mol. The molecule has 0 spiro atoms. The van der Waals surface area contributed by atoms with Crippen molar-refractivity contribution in [2.24, 2.45) is 0 Å². The van der Waals surface area contributed by atoms with Gasteiger partial charge in [0.25, 0.3) is 0 Å². The van der Waals surface area contributed by atoms with Gasteiger partial charge in [0.2, 0.25) is 5.91 Å². The summed E-state index contributed by atoms with van der Waals surface area (Å²) in [5.41, 5.74) is 0. The number of rotatable bonds is 6. The van der Waals surface area contributed by atoms with Crippen LogP contribution in [0.2, 0.25) is 0 Å². The van der Waals surface area contributed by atoms with E-state index in [0.29, 0.717) is 13.0 Å². The van der Waals surface area contributed by atoms with E-state index < -0.39 is 0 Å². The number of amides is 1. The molecule has 0 atom stereocenters. The number of hydrogen-bond acceptors (Lipinski definition) is 2. The number of ketones is 1. The van der Waals surface area contributed by atoms with E-state index in [1.165, 1.54) is 0 Å². The second-order valence-electron chi connectivity index (χ2n) is 2.77. The molecule has 0 saturated carbocycles. The quantitative estimate of drug-likeness (QED) is 0.483. The fourth-order valence-corrected chi connectivity index (χ4v) is 0.771. The van der Waals surface area contributed by atoms with Crippen LogP contribution in [-0.2, 0) is 9.59 Å². The fourth-order valence-electron chi connectivity index (χ4n) is 0.771. The molecule has 0 aromatic heterocycles. The number of Topliss-reactive ketones (excluding diaryl/α,β-unsaturated/α-hetero) is 1. The summed E-state index contributed by atoms with van der Waals surface area (Å²) >= 11 is 0. The van der Waals surface area contributed by atoms with Crippen molar-refractivity contribution in [2.75, 3.05) is 6.54 Å². The summed E-state index contributed by atoms with van der Waals surface area (Å²) in [6.45, 7) is 4.51. The van der Waals surface area contributed by atoms with E-state index in [4.69, 9.17) is 0 Å². The monoisotopic (exact) mass is 171 g/mol. The van der Waals surface area contributed by atoms with Gasteiger partial charge in [-0.2, -0.15) is 0 Å². The highest BCUT2D eigenvalue weighted by Gasteiger charge is 2.05. The maximum Gasteiger partial charge on any atom is 0.227 e. The standard InChI is InChI=1S/C9H17NO2/c1-3-5-6-10-9(12)7-8(11)4-2/h3-7H2,1-2H3,(H,10,12). The molecule has 0 rings (SSSR count). The van der Waals surface area contributed by atoms with Crippen molar-refractivity contribution in [2.45, 2.75) is 39.5 Å². The molecule has 12 heavy (non-hydrogen) atoms. The first-order valence-corrected chi connectivity index (χ1v) is 4.49. The molecule has 0 unspecified atom stereocenters. The average molecular weight is 171 g/mol. The van der Waals surface area contributed by atoms with E-state index in [1.807, 2.05) is 0 Å². The van der Waals surface area contributed by atoms with Crippen LogP contribution >= 0.6 is 0 Å². The molecule has 0 radical (unpaired) electrons. The molecule has 0 aliphatic rings. The third-order valence-electron chi connectivity index (χ3n) is 1.60. The van der Waals surface area contributed by atoms with Crippen LogP contribution in [0.5, 0.6) is 0 Å². The molecule has 1 N–H and O–H groups in total. The minimum absolute atomic E-state index is 0.00370. The Kier molecular flexibility index (Phi) is 6.34. The summed E-state index contributed by atoms with van der Waals surface area (Å²) in [6.07, 6.45) is 2.52. The fraction of sp³-hybridized carbons (Fsp3) is 0.778. The Balaban J connectivity index is 3.40. The van der Waals surface area contributed by atoms with Gasteiger partial charge in [-0.1, -0.05) is 20.3 Å². The Labute approximate surface area is 73.5 Å². The first-order valence-electron chi connectivity index (χ1n) is 4.49. The van der Waals surface area contributed by atoms with Crippen molar-refractivity contribution in [3.8, 4) is 0 Å². The molecule has 0 aliphatic heterocycles. The molecule has 0 heterocycles. The third kappa shape index (κ3) is 5.89. The smallest absolute Gasteiger partial charge is 0.227 e. The van der Waals surface area contributed by atoms with Gasteiger partial charge in [-0.25, -0.2) is 0 Å². The van der Waals surface area contributed by atoms with Gasteiger partial charge in [0.1, 0.15) is 5.78 Å². The lowest BCUT2D eigenvalue weighted by atomic mass is 10.2. The normalized spacial score (nSPS) is 9.50. The van der Waals surface area contributed by atoms with Crippen molar-refractivity contribution in [3.63, 3.8) is 0 Å². The van der Waals surface area contributed by atoms with Gasteiger partial charge in [-0.05, 0) is 6.42 Å². The maximum atomic E-state index is 11.0. The Morgan fingerprint density at radius 2 is 1.92 bits per heavy atom. The van der Waals surface area contributed by atoms with E-state index in [2.05, 4.69) is 12.2 Å². The SMILES string of the molecule is CCCCNC(=O)CC(=O)CC. The minimum atomic E-state index is -0.143.